The van der Waals surface area contributed by atoms with Crippen LogP contribution < -0.4 is 11.2 Å². The summed E-state index contributed by atoms with van der Waals surface area (Å²) in [6, 6.07) is 12.3. The maximum absolute atomic E-state index is 11.7. The zero-order chi connectivity index (χ0) is 14.5. The van der Waals surface area contributed by atoms with Crippen LogP contribution in [0, 0.1) is 0 Å². The fraction of sp³-hybridized carbons (Fsp3) is 0. The first-order valence-electron chi connectivity index (χ1n) is 5.69. The molecule has 0 heterocycles. The van der Waals surface area contributed by atoms with E-state index in [0.29, 0.717) is 16.3 Å². The second kappa shape index (κ2) is 6.08. The van der Waals surface area contributed by atoms with Gasteiger partial charge in [0.1, 0.15) is 0 Å². The van der Waals surface area contributed by atoms with Crippen molar-refractivity contribution in [2.24, 2.45) is 0 Å². The Bertz CT molecular complexity index is 566. The van der Waals surface area contributed by atoms with E-state index < -0.39 is 11.9 Å². The van der Waals surface area contributed by atoms with E-state index in [1.807, 2.05) is 0 Å². The van der Waals surface area contributed by atoms with Gasteiger partial charge >= 0.3 is 5.97 Å². The summed E-state index contributed by atoms with van der Waals surface area (Å²) in [5.74, 6) is -1.21. The molecule has 0 radical (unpaired) electrons. The lowest BCUT2D eigenvalue weighted by Crippen LogP contribution is -2.27. The lowest BCUT2D eigenvalue weighted by atomic mass is 10.2. The molecule has 2 rings (SSSR count). The number of amides is 1. The third-order valence-electron chi connectivity index (χ3n) is 2.49. The average molecular weight is 291 g/mol. The Morgan fingerprint density at radius 1 is 0.950 bits per heavy atom. The highest BCUT2D eigenvalue weighted by Crippen LogP contribution is 2.10. The summed E-state index contributed by atoms with van der Waals surface area (Å²) in [4.78, 5) is 28.0. The van der Waals surface area contributed by atoms with E-state index in [1.54, 1.807) is 24.3 Å². The summed E-state index contributed by atoms with van der Waals surface area (Å²) in [5.41, 5.74) is 8.74. The molecule has 0 aliphatic heterocycles. The predicted molar refractivity (Wildman–Crippen MR) is 75.2 cm³/mol. The Morgan fingerprint density at radius 2 is 1.50 bits per heavy atom. The van der Waals surface area contributed by atoms with Crippen LogP contribution in [0.5, 0.6) is 0 Å². The number of nitrogen functional groups attached to an aromatic ring is 1. The number of carbonyl (C=O) groups excluding carboxylic acids is 2. The van der Waals surface area contributed by atoms with E-state index in [2.05, 4.69) is 5.48 Å². The van der Waals surface area contributed by atoms with Crippen molar-refractivity contribution in [1.82, 2.24) is 5.48 Å². The van der Waals surface area contributed by atoms with Crippen molar-refractivity contribution in [3.63, 3.8) is 0 Å². The molecule has 2 aromatic rings. The van der Waals surface area contributed by atoms with Crippen molar-refractivity contribution in [2.75, 3.05) is 5.73 Å². The molecule has 20 heavy (non-hydrogen) atoms. The highest BCUT2D eigenvalue weighted by atomic mass is 35.5. The van der Waals surface area contributed by atoms with Gasteiger partial charge in [-0.2, -0.15) is 5.48 Å². The van der Waals surface area contributed by atoms with Crippen LogP contribution in [0.3, 0.4) is 0 Å². The Labute approximate surface area is 120 Å². The van der Waals surface area contributed by atoms with Gasteiger partial charge in [-0.05, 0) is 48.5 Å². The number of hydroxylamine groups is 1. The summed E-state index contributed by atoms with van der Waals surface area (Å²) in [6.07, 6.45) is 0. The van der Waals surface area contributed by atoms with Crippen LogP contribution in [-0.2, 0) is 4.84 Å². The van der Waals surface area contributed by atoms with E-state index in [0.717, 1.165) is 0 Å². The number of carbonyl (C=O) groups is 2. The van der Waals surface area contributed by atoms with Crippen molar-refractivity contribution in [3.8, 4) is 0 Å². The molecule has 5 nitrogen and oxygen atoms in total. The molecule has 1 amide bonds. The van der Waals surface area contributed by atoms with E-state index >= 15 is 0 Å². The normalized spacial score (nSPS) is 9.85. The summed E-state index contributed by atoms with van der Waals surface area (Å²) < 4.78 is 0. The quantitative estimate of drug-likeness (QED) is 0.657. The summed E-state index contributed by atoms with van der Waals surface area (Å²) in [5, 5.41) is 0.507. The molecule has 0 unspecified atom stereocenters. The van der Waals surface area contributed by atoms with Gasteiger partial charge in [0.2, 0.25) is 0 Å². The zero-order valence-electron chi connectivity index (χ0n) is 10.3. The van der Waals surface area contributed by atoms with E-state index in [4.69, 9.17) is 22.2 Å². The van der Waals surface area contributed by atoms with Gasteiger partial charge in [0.25, 0.3) is 5.91 Å². The largest absolute Gasteiger partial charge is 0.399 e. The molecule has 6 heteroatoms. The molecule has 2 aromatic carbocycles. The summed E-state index contributed by atoms with van der Waals surface area (Å²) >= 11 is 5.70. The molecule has 0 saturated heterocycles. The second-order valence-corrected chi connectivity index (χ2v) is 4.39. The number of anilines is 1. The van der Waals surface area contributed by atoms with Crippen LogP contribution in [0.25, 0.3) is 0 Å². The van der Waals surface area contributed by atoms with Gasteiger partial charge in [-0.25, -0.2) is 4.79 Å². The molecule has 0 fully saturated rings. The van der Waals surface area contributed by atoms with Crippen LogP contribution >= 0.6 is 11.6 Å². The third kappa shape index (κ3) is 3.49. The van der Waals surface area contributed by atoms with Crippen LogP contribution in [-0.4, -0.2) is 11.9 Å². The lowest BCUT2D eigenvalue weighted by molar-refractivity contribution is 0.0230. The molecule has 0 aliphatic rings. The molecule has 0 atom stereocenters. The number of hydrogen-bond donors (Lipinski definition) is 2. The van der Waals surface area contributed by atoms with E-state index in [-0.39, 0.29) is 5.56 Å². The van der Waals surface area contributed by atoms with Gasteiger partial charge in [-0.15, -0.1) is 0 Å². The molecule has 3 N–H and O–H groups in total. The van der Waals surface area contributed by atoms with Crippen LogP contribution in [0.2, 0.25) is 5.02 Å². The van der Waals surface area contributed by atoms with E-state index in [9.17, 15) is 9.59 Å². The minimum absolute atomic E-state index is 0.284. The monoisotopic (exact) mass is 290 g/mol. The van der Waals surface area contributed by atoms with E-state index in [1.165, 1.54) is 24.3 Å². The first-order chi connectivity index (χ1) is 9.56. The Balaban J connectivity index is 1.94. The Kier molecular flexibility index (Phi) is 4.22. The van der Waals surface area contributed by atoms with Gasteiger partial charge in [0.05, 0.1) is 5.56 Å². The van der Waals surface area contributed by atoms with Crippen molar-refractivity contribution in [3.05, 3.63) is 64.7 Å². The van der Waals surface area contributed by atoms with Gasteiger partial charge < -0.3 is 10.6 Å². The standard InChI is InChI=1S/C14H11ClN2O3/c15-11-5-1-10(2-6-11)14(19)20-17-13(18)9-3-7-12(16)8-4-9/h1-8H,16H2,(H,17,18). The highest BCUT2D eigenvalue weighted by molar-refractivity contribution is 6.30. The number of nitrogens with one attached hydrogen (secondary N) is 1. The molecular formula is C14H11ClN2O3. The van der Waals surface area contributed by atoms with Crippen LogP contribution in [0.15, 0.2) is 48.5 Å². The molecular weight excluding hydrogens is 280 g/mol. The fourth-order valence-electron chi connectivity index (χ4n) is 1.43. The Hall–Kier alpha value is -2.53. The number of nitrogens with two attached hydrogens (primary N) is 1. The maximum atomic E-state index is 11.7. The first-order valence-corrected chi connectivity index (χ1v) is 6.06. The second-order valence-electron chi connectivity index (χ2n) is 3.95. The topological polar surface area (TPSA) is 81.4 Å². The maximum Gasteiger partial charge on any atom is 0.362 e. The molecule has 0 aliphatic carbocycles. The SMILES string of the molecule is Nc1ccc(C(=O)NOC(=O)c2ccc(Cl)cc2)cc1. The van der Waals surface area contributed by atoms with Gasteiger partial charge in [-0.3, -0.25) is 4.79 Å². The predicted octanol–water partition coefficient (Wildman–Crippen LogP) is 2.42. The number of hydrogen-bond acceptors (Lipinski definition) is 4. The van der Waals surface area contributed by atoms with Crippen molar-refractivity contribution >= 4 is 29.2 Å². The molecule has 0 aromatic heterocycles. The average Bonchev–Trinajstić information content (AvgIpc) is 2.46. The van der Waals surface area contributed by atoms with Crippen LogP contribution in [0.1, 0.15) is 20.7 Å². The number of benzene rings is 2. The highest BCUT2D eigenvalue weighted by Gasteiger charge is 2.11. The van der Waals surface area contributed by atoms with Gasteiger partial charge in [0, 0.05) is 16.3 Å². The zero-order valence-corrected chi connectivity index (χ0v) is 11.1. The molecule has 0 saturated carbocycles. The molecule has 0 bridgehead atoms. The van der Waals surface area contributed by atoms with Crippen molar-refractivity contribution < 1.29 is 14.4 Å². The minimum Gasteiger partial charge on any atom is -0.399 e. The van der Waals surface area contributed by atoms with Crippen molar-refractivity contribution in [2.45, 2.75) is 0 Å². The summed E-state index contributed by atoms with van der Waals surface area (Å²) in [7, 11) is 0. The number of halogens is 1. The van der Waals surface area contributed by atoms with Crippen molar-refractivity contribution in [1.29, 1.82) is 0 Å². The summed E-state index contributed by atoms with van der Waals surface area (Å²) in [6.45, 7) is 0. The van der Waals surface area contributed by atoms with Gasteiger partial charge in [-0.1, -0.05) is 11.6 Å². The fourth-order valence-corrected chi connectivity index (χ4v) is 1.56. The van der Waals surface area contributed by atoms with Crippen LogP contribution in [0.4, 0.5) is 5.69 Å². The molecule has 0 spiro atoms. The number of rotatable bonds is 2. The first kappa shape index (κ1) is 13.9. The molecule has 102 valence electrons. The smallest absolute Gasteiger partial charge is 0.362 e. The third-order valence-corrected chi connectivity index (χ3v) is 2.74. The lowest BCUT2D eigenvalue weighted by Gasteiger charge is -2.06. The minimum atomic E-state index is -0.675. The Morgan fingerprint density at radius 3 is 2.10 bits per heavy atom. The van der Waals surface area contributed by atoms with Gasteiger partial charge in [0.15, 0.2) is 0 Å².